The first-order valence-corrected chi connectivity index (χ1v) is 15.0. The fourth-order valence-electron chi connectivity index (χ4n) is 5.91. The second-order valence-corrected chi connectivity index (χ2v) is 12.1. The lowest BCUT2D eigenvalue weighted by molar-refractivity contribution is -0.00360. The van der Waals surface area contributed by atoms with Crippen LogP contribution in [0.2, 0.25) is 10.0 Å². The van der Waals surface area contributed by atoms with Gasteiger partial charge in [0, 0.05) is 79.5 Å². The Balaban J connectivity index is 1.19. The van der Waals surface area contributed by atoms with E-state index in [-0.39, 0.29) is 12.2 Å². The number of halogens is 2. The molecule has 0 radical (unpaired) electrons. The average Bonchev–Trinajstić information content (AvgIpc) is 3.38. The molecule has 2 saturated heterocycles. The van der Waals surface area contributed by atoms with Gasteiger partial charge in [0.1, 0.15) is 5.65 Å². The van der Waals surface area contributed by atoms with Gasteiger partial charge in [-0.1, -0.05) is 65.7 Å². The Kier molecular flexibility index (Phi) is 7.59. The van der Waals surface area contributed by atoms with Gasteiger partial charge in [-0.05, 0) is 23.8 Å². The molecule has 2 fully saturated rings. The van der Waals surface area contributed by atoms with Crippen molar-refractivity contribution in [1.29, 1.82) is 0 Å². The SMILES string of the molecule is COc1nc(-c2cccc(-c3cccc(-c4ccn5cc(CN6CC(O)C6)nc5c4)c3Cl)c2Cl)ccc1CN1CC(O)C1. The van der Waals surface area contributed by atoms with Crippen LogP contribution in [-0.2, 0) is 13.1 Å². The fourth-order valence-corrected chi connectivity index (χ4v) is 6.57. The van der Waals surface area contributed by atoms with E-state index in [0.717, 1.165) is 44.7 Å². The van der Waals surface area contributed by atoms with Gasteiger partial charge in [0.25, 0.3) is 0 Å². The molecule has 5 heterocycles. The van der Waals surface area contributed by atoms with Gasteiger partial charge in [-0.2, -0.15) is 0 Å². The largest absolute Gasteiger partial charge is 0.481 e. The Labute approximate surface area is 259 Å². The molecule has 5 aromatic rings. The topological polar surface area (TPSA) is 86.4 Å². The molecule has 2 aromatic carbocycles. The summed E-state index contributed by atoms with van der Waals surface area (Å²) in [4.78, 5) is 13.9. The Morgan fingerprint density at radius 3 is 2.09 bits per heavy atom. The molecule has 0 saturated carbocycles. The van der Waals surface area contributed by atoms with Crippen molar-refractivity contribution < 1.29 is 14.9 Å². The number of pyridine rings is 2. The average molecular weight is 617 g/mol. The van der Waals surface area contributed by atoms with Crippen LogP contribution in [0.15, 0.2) is 73.1 Å². The Bertz CT molecular complexity index is 1810. The summed E-state index contributed by atoms with van der Waals surface area (Å²) in [5.74, 6) is 0.542. The number of imidazole rings is 1. The third-order valence-corrected chi connectivity index (χ3v) is 8.99. The molecule has 10 heteroatoms. The number of aliphatic hydroxyl groups excluding tert-OH is 2. The van der Waals surface area contributed by atoms with E-state index in [1.54, 1.807) is 7.11 Å². The van der Waals surface area contributed by atoms with Crippen molar-refractivity contribution in [2.45, 2.75) is 25.3 Å². The normalized spacial score (nSPS) is 16.4. The number of hydrogen-bond donors (Lipinski definition) is 2. The number of nitrogens with zero attached hydrogens (tertiary/aromatic N) is 5. The number of ether oxygens (including phenoxy) is 1. The van der Waals surface area contributed by atoms with Crippen molar-refractivity contribution in [2.75, 3.05) is 33.3 Å². The second-order valence-electron chi connectivity index (χ2n) is 11.3. The third kappa shape index (κ3) is 5.51. The highest BCUT2D eigenvalue weighted by Gasteiger charge is 2.26. The summed E-state index contributed by atoms with van der Waals surface area (Å²) in [6.07, 6.45) is 3.53. The lowest BCUT2D eigenvalue weighted by Crippen LogP contribution is -2.49. The Morgan fingerprint density at radius 1 is 0.791 bits per heavy atom. The number of aliphatic hydroxyl groups is 2. The van der Waals surface area contributed by atoms with Gasteiger partial charge in [-0.3, -0.25) is 9.80 Å². The molecule has 43 heavy (non-hydrogen) atoms. The van der Waals surface area contributed by atoms with Crippen LogP contribution in [0.5, 0.6) is 5.88 Å². The van der Waals surface area contributed by atoms with E-state index in [1.165, 1.54) is 0 Å². The molecular formula is C33H31Cl2N5O3. The summed E-state index contributed by atoms with van der Waals surface area (Å²) in [6.45, 7) is 4.05. The van der Waals surface area contributed by atoms with Crippen LogP contribution in [0.25, 0.3) is 39.2 Å². The molecule has 2 aliphatic rings. The van der Waals surface area contributed by atoms with Crippen molar-refractivity contribution in [3.05, 3.63) is 94.4 Å². The molecule has 2 N–H and O–H groups in total. The fraction of sp³-hybridized carbons (Fsp3) is 0.273. The van der Waals surface area contributed by atoms with Crippen LogP contribution in [0.3, 0.4) is 0 Å². The predicted octanol–water partition coefficient (Wildman–Crippen LogP) is 5.40. The maximum absolute atomic E-state index is 9.63. The molecule has 7 rings (SSSR count). The predicted molar refractivity (Wildman–Crippen MR) is 168 cm³/mol. The zero-order valence-corrected chi connectivity index (χ0v) is 25.1. The van der Waals surface area contributed by atoms with Crippen molar-refractivity contribution in [2.24, 2.45) is 0 Å². The van der Waals surface area contributed by atoms with Crippen LogP contribution in [0.4, 0.5) is 0 Å². The number of benzene rings is 2. The molecule has 0 unspecified atom stereocenters. The standard InChI is InChI=1S/C33H31Cl2N5O3/c1-43-33-21(13-38-16-23(41)17-38)8-9-29(37-33)28-7-3-6-27(32(28)35)26-5-2-4-25(31(26)34)20-10-11-40-15-22(36-30(40)12-20)14-39-18-24(42)19-39/h2-12,15,23-24,41-42H,13-14,16-19H2,1H3. The quantitative estimate of drug-likeness (QED) is 0.242. The van der Waals surface area contributed by atoms with E-state index >= 15 is 0 Å². The minimum absolute atomic E-state index is 0.233. The molecule has 0 atom stereocenters. The second kappa shape index (κ2) is 11.5. The highest BCUT2D eigenvalue weighted by Crippen LogP contribution is 2.42. The van der Waals surface area contributed by atoms with Gasteiger partial charge in [-0.15, -0.1) is 0 Å². The monoisotopic (exact) mass is 615 g/mol. The molecule has 8 nitrogen and oxygen atoms in total. The maximum Gasteiger partial charge on any atom is 0.218 e. The van der Waals surface area contributed by atoms with Crippen LogP contribution < -0.4 is 4.74 Å². The van der Waals surface area contributed by atoms with Gasteiger partial charge in [0.15, 0.2) is 0 Å². The summed E-state index contributed by atoms with van der Waals surface area (Å²) >= 11 is 14.1. The van der Waals surface area contributed by atoms with Crippen LogP contribution in [-0.4, -0.2) is 79.9 Å². The number of aromatic nitrogens is 3. The Hall–Kier alpha value is -3.50. The molecule has 2 aliphatic heterocycles. The minimum Gasteiger partial charge on any atom is -0.481 e. The summed E-state index contributed by atoms with van der Waals surface area (Å²) in [5.41, 5.74) is 7.73. The zero-order valence-electron chi connectivity index (χ0n) is 23.6. The molecule has 0 aliphatic carbocycles. The van der Waals surface area contributed by atoms with E-state index in [9.17, 15) is 10.2 Å². The van der Waals surface area contributed by atoms with Crippen molar-refractivity contribution in [3.63, 3.8) is 0 Å². The number of rotatable bonds is 8. The number of β-amino-alcohol motifs (C(OH)–C–C–N with tert-alkyl or cyclic N) is 2. The van der Waals surface area contributed by atoms with E-state index in [4.69, 9.17) is 37.9 Å². The summed E-state index contributed by atoms with van der Waals surface area (Å²) < 4.78 is 7.63. The maximum atomic E-state index is 9.63. The van der Waals surface area contributed by atoms with Gasteiger partial charge in [-0.25, -0.2) is 9.97 Å². The van der Waals surface area contributed by atoms with E-state index in [0.29, 0.717) is 60.9 Å². The molecule has 0 amide bonds. The number of hydrogen-bond acceptors (Lipinski definition) is 7. The van der Waals surface area contributed by atoms with Gasteiger partial charge >= 0.3 is 0 Å². The molecule has 3 aromatic heterocycles. The highest BCUT2D eigenvalue weighted by atomic mass is 35.5. The lowest BCUT2D eigenvalue weighted by atomic mass is 9.97. The smallest absolute Gasteiger partial charge is 0.218 e. The molecule has 220 valence electrons. The third-order valence-electron chi connectivity index (χ3n) is 8.17. The lowest BCUT2D eigenvalue weighted by Gasteiger charge is -2.35. The van der Waals surface area contributed by atoms with E-state index in [2.05, 4.69) is 9.80 Å². The number of methoxy groups -OCH3 is 1. The summed E-state index contributed by atoms with van der Waals surface area (Å²) in [5, 5.41) is 20.4. The van der Waals surface area contributed by atoms with Crippen LogP contribution in [0, 0.1) is 0 Å². The number of fused-ring (bicyclic) bond motifs is 1. The van der Waals surface area contributed by atoms with E-state index < -0.39 is 0 Å². The van der Waals surface area contributed by atoms with Crippen molar-refractivity contribution >= 4 is 28.8 Å². The zero-order chi connectivity index (χ0) is 29.7. The van der Waals surface area contributed by atoms with Gasteiger partial charge < -0.3 is 19.4 Å². The van der Waals surface area contributed by atoms with Crippen LogP contribution in [0.1, 0.15) is 11.3 Å². The molecular weight excluding hydrogens is 585 g/mol. The van der Waals surface area contributed by atoms with Gasteiger partial charge in [0.2, 0.25) is 5.88 Å². The molecule has 0 spiro atoms. The first-order valence-electron chi connectivity index (χ1n) is 14.3. The summed E-state index contributed by atoms with van der Waals surface area (Å²) in [6, 6.07) is 19.9. The number of likely N-dealkylation sites (tertiary alicyclic amines) is 2. The summed E-state index contributed by atoms with van der Waals surface area (Å²) in [7, 11) is 1.61. The van der Waals surface area contributed by atoms with Crippen molar-refractivity contribution in [3.8, 4) is 39.4 Å². The first-order chi connectivity index (χ1) is 20.9. The van der Waals surface area contributed by atoms with Crippen molar-refractivity contribution in [1.82, 2.24) is 24.2 Å². The minimum atomic E-state index is -0.261. The molecule has 0 bridgehead atoms. The first kappa shape index (κ1) is 28.3. The highest BCUT2D eigenvalue weighted by molar-refractivity contribution is 6.39. The Morgan fingerprint density at radius 2 is 1.42 bits per heavy atom. The van der Waals surface area contributed by atoms with E-state index in [1.807, 2.05) is 77.5 Å². The van der Waals surface area contributed by atoms with Crippen LogP contribution >= 0.6 is 23.2 Å². The van der Waals surface area contributed by atoms with Gasteiger partial charge in [0.05, 0.1) is 40.8 Å².